The Hall–Kier alpha value is -3.25. The highest BCUT2D eigenvalue weighted by Gasteiger charge is 2.41. The summed E-state index contributed by atoms with van der Waals surface area (Å²) >= 11 is 0. The van der Waals surface area contributed by atoms with Gasteiger partial charge in [-0.1, -0.05) is 26.0 Å². The molecule has 1 saturated heterocycles. The van der Waals surface area contributed by atoms with Crippen LogP contribution in [-0.2, 0) is 10.2 Å². The van der Waals surface area contributed by atoms with E-state index in [0.717, 1.165) is 40.6 Å². The lowest BCUT2D eigenvalue weighted by Crippen LogP contribution is -2.31. The minimum atomic E-state index is -0.473. The lowest BCUT2D eigenvalue weighted by molar-refractivity contribution is 0.0252. The maximum absolute atomic E-state index is 13.7. The Morgan fingerprint density at radius 1 is 1.21 bits per heavy atom. The van der Waals surface area contributed by atoms with Gasteiger partial charge in [0.15, 0.2) is 11.6 Å². The number of nitrogens with one attached hydrogen (secondary N) is 1. The SMILES string of the molecule is CN=Cc1ccc2c3c([nH]c2c1)C(C)(C)c1cc(OC2CCOCC2)c(C(C)=O)cc1C3=O. The molecule has 2 heterocycles. The minimum absolute atomic E-state index is 0.000378. The number of nitrogens with zero attached hydrogens (tertiary/aromatic N) is 1. The van der Waals surface area contributed by atoms with Crippen molar-refractivity contribution in [3.63, 3.8) is 0 Å². The van der Waals surface area contributed by atoms with Gasteiger partial charge in [0, 0.05) is 53.7 Å². The van der Waals surface area contributed by atoms with Gasteiger partial charge in [-0.3, -0.25) is 14.6 Å². The van der Waals surface area contributed by atoms with Crippen LogP contribution in [0.2, 0.25) is 0 Å². The van der Waals surface area contributed by atoms with E-state index in [1.165, 1.54) is 6.92 Å². The predicted octanol–water partition coefficient (Wildman–Crippen LogP) is 4.85. The molecule has 1 N–H and O–H groups in total. The summed E-state index contributed by atoms with van der Waals surface area (Å²) in [5, 5.41) is 0.883. The topological polar surface area (TPSA) is 80.8 Å². The van der Waals surface area contributed by atoms with E-state index < -0.39 is 5.41 Å². The molecule has 0 saturated carbocycles. The third-order valence-corrected chi connectivity index (χ3v) is 6.83. The second-order valence-electron chi connectivity index (χ2n) is 9.40. The normalized spacial score (nSPS) is 17.9. The molecule has 0 spiro atoms. The van der Waals surface area contributed by atoms with E-state index in [-0.39, 0.29) is 17.7 Å². The van der Waals surface area contributed by atoms with Crippen LogP contribution in [0.3, 0.4) is 0 Å². The summed E-state index contributed by atoms with van der Waals surface area (Å²) in [6, 6.07) is 9.58. The molecular formula is C27H28N2O4. The number of fused-ring (bicyclic) bond motifs is 4. The van der Waals surface area contributed by atoms with Crippen molar-refractivity contribution in [3.05, 3.63) is 63.8 Å². The molecule has 5 rings (SSSR count). The number of aromatic amines is 1. The highest BCUT2D eigenvalue weighted by atomic mass is 16.5. The van der Waals surface area contributed by atoms with Gasteiger partial charge in [-0.05, 0) is 36.2 Å². The van der Waals surface area contributed by atoms with Crippen molar-refractivity contribution in [3.8, 4) is 5.75 Å². The van der Waals surface area contributed by atoms with Crippen LogP contribution in [0.25, 0.3) is 10.9 Å². The zero-order valence-corrected chi connectivity index (χ0v) is 19.5. The number of ketones is 2. The fraction of sp³-hybridized carbons (Fsp3) is 0.370. The van der Waals surface area contributed by atoms with Crippen molar-refractivity contribution in [2.24, 2.45) is 4.99 Å². The molecule has 0 atom stereocenters. The summed E-state index contributed by atoms with van der Waals surface area (Å²) in [4.78, 5) is 33.9. The molecule has 6 heteroatoms. The fourth-order valence-electron chi connectivity index (χ4n) is 5.05. The first-order valence-corrected chi connectivity index (χ1v) is 11.4. The summed E-state index contributed by atoms with van der Waals surface area (Å²) in [7, 11) is 1.74. The van der Waals surface area contributed by atoms with E-state index in [0.29, 0.717) is 35.7 Å². The van der Waals surface area contributed by atoms with Crippen LogP contribution in [0.15, 0.2) is 35.3 Å². The van der Waals surface area contributed by atoms with Crippen molar-refractivity contribution in [1.29, 1.82) is 0 Å². The molecular weight excluding hydrogens is 416 g/mol. The number of H-pyrrole nitrogens is 1. The number of hydrogen-bond donors (Lipinski definition) is 1. The van der Waals surface area contributed by atoms with Crippen LogP contribution < -0.4 is 4.74 Å². The van der Waals surface area contributed by atoms with Crippen molar-refractivity contribution in [1.82, 2.24) is 4.98 Å². The Bertz CT molecular complexity index is 1310. The summed E-state index contributed by atoms with van der Waals surface area (Å²) in [5.41, 5.74) is 4.85. The second kappa shape index (κ2) is 7.96. The highest BCUT2D eigenvalue weighted by molar-refractivity contribution is 6.21. The van der Waals surface area contributed by atoms with Gasteiger partial charge < -0.3 is 14.5 Å². The molecule has 0 bridgehead atoms. The standard InChI is InChI=1S/C27H28N2O4/c1-15(30)19-12-20-21(13-23(19)33-17-7-9-32-10-8-17)27(2,3)26-24(25(20)31)18-6-5-16(14-28-4)11-22(18)29-26/h5-6,11-14,17,29H,7-10H2,1-4H3. The maximum Gasteiger partial charge on any atom is 0.195 e. The predicted molar refractivity (Wildman–Crippen MR) is 128 cm³/mol. The van der Waals surface area contributed by atoms with E-state index in [1.807, 2.05) is 24.3 Å². The molecule has 0 amide bonds. The average molecular weight is 445 g/mol. The van der Waals surface area contributed by atoms with Crippen LogP contribution in [0, 0.1) is 0 Å². The maximum atomic E-state index is 13.7. The lowest BCUT2D eigenvalue weighted by atomic mass is 9.70. The van der Waals surface area contributed by atoms with Crippen LogP contribution >= 0.6 is 0 Å². The van der Waals surface area contributed by atoms with Gasteiger partial charge in [0.05, 0.1) is 24.3 Å². The van der Waals surface area contributed by atoms with Crippen molar-refractivity contribution < 1.29 is 19.1 Å². The molecule has 1 aliphatic heterocycles. The fourth-order valence-corrected chi connectivity index (χ4v) is 5.05. The first-order chi connectivity index (χ1) is 15.8. The zero-order chi connectivity index (χ0) is 23.3. The number of Topliss-reactive ketones (excluding diaryl/α,β-unsaturated/α-hetero) is 1. The van der Waals surface area contributed by atoms with Crippen LogP contribution in [0.1, 0.15) is 76.7 Å². The smallest absolute Gasteiger partial charge is 0.195 e. The van der Waals surface area contributed by atoms with Crippen molar-refractivity contribution in [2.75, 3.05) is 20.3 Å². The van der Waals surface area contributed by atoms with Gasteiger partial charge in [0.25, 0.3) is 0 Å². The Balaban J connectivity index is 1.67. The molecule has 1 aliphatic carbocycles. The van der Waals surface area contributed by atoms with Crippen LogP contribution in [-0.4, -0.2) is 49.1 Å². The summed E-state index contributed by atoms with van der Waals surface area (Å²) in [6.45, 7) is 7.03. The first-order valence-electron chi connectivity index (χ1n) is 11.4. The van der Waals surface area contributed by atoms with E-state index in [9.17, 15) is 9.59 Å². The van der Waals surface area contributed by atoms with E-state index in [2.05, 4.69) is 23.8 Å². The van der Waals surface area contributed by atoms with Gasteiger partial charge in [0.2, 0.25) is 0 Å². The van der Waals surface area contributed by atoms with Crippen LogP contribution in [0.4, 0.5) is 0 Å². The summed E-state index contributed by atoms with van der Waals surface area (Å²) in [5.74, 6) is 0.372. The Labute approximate surface area is 193 Å². The van der Waals surface area contributed by atoms with Crippen molar-refractivity contribution in [2.45, 2.75) is 45.1 Å². The minimum Gasteiger partial charge on any atom is -0.489 e. The molecule has 2 aromatic carbocycles. The molecule has 170 valence electrons. The quantitative estimate of drug-likeness (QED) is 0.461. The van der Waals surface area contributed by atoms with E-state index in [4.69, 9.17) is 9.47 Å². The number of aliphatic imine (C=N–C) groups is 1. The lowest BCUT2D eigenvalue weighted by Gasteiger charge is -2.33. The second-order valence-corrected chi connectivity index (χ2v) is 9.40. The molecule has 1 aromatic heterocycles. The molecule has 3 aromatic rings. The van der Waals surface area contributed by atoms with Gasteiger partial charge in [-0.15, -0.1) is 0 Å². The Morgan fingerprint density at radius 2 is 1.97 bits per heavy atom. The number of carbonyl (C=O) groups is 2. The number of rotatable bonds is 4. The molecule has 0 radical (unpaired) electrons. The Kier molecular flexibility index (Phi) is 5.20. The molecule has 0 unspecified atom stereocenters. The highest BCUT2D eigenvalue weighted by Crippen LogP contribution is 2.45. The number of carbonyl (C=O) groups excluding carboxylic acids is 2. The molecule has 6 nitrogen and oxygen atoms in total. The Morgan fingerprint density at radius 3 is 2.67 bits per heavy atom. The average Bonchev–Trinajstić information content (AvgIpc) is 3.18. The summed E-state index contributed by atoms with van der Waals surface area (Å²) in [6.07, 6.45) is 3.36. The van der Waals surface area contributed by atoms with E-state index in [1.54, 1.807) is 19.3 Å². The van der Waals surface area contributed by atoms with E-state index >= 15 is 0 Å². The summed E-state index contributed by atoms with van der Waals surface area (Å²) < 4.78 is 11.7. The molecule has 1 fully saturated rings. The number of hydrogen-bond acceptors (Lipinski definition) is 5. The van der Waals surface area contributed by atoms with Gasteiger partial charge in [0.1, 0.15) is 11.9 Å². The third-order valence-electron chi connectivity index (χ3n) is 6.83. The number of benzene rings is 2. The van der Waals surface area contributed by atoms with Gasteiger partial charge >= 0.3 is 0 Å². The monoisotopic (exact) mass is 444 g/mol. The number of aromatic nitrogens is 1. The molecule has 33 heavy (non-hydrogen) atoms. The van der Waals surface area contributed by atoms with Crippen molar-refractivity contribution >= 4 is 28.7 Å². The van der Waals surface area contributed by atoms with Crippen LogP contribution in [0.5, 0.6) is 5.75 Å². The largest absolute Gasteiger partial charge is 0.489 e. The third kappa shape index (κ3) is 3.49. The number of ether oxygens (including phenoxy) is 2. The first kappa shape index (κ1) is 21.6. The molecule has 2 aliphatic rings. The zero-order valence-electron chi connectivity index (χ0n) is 19.5. The van der Waals surface area contributed by atoms with Gasteiger partial charge in [-0.2, -0.15) is 0 Å². The van der Waals surface area contributed by atoms with Gasteiger partial charge in [-0.25, -0.2) is 0 Å².